The van der Waals surface area contributed by atoms with Gasteiger partial charge in [-0.25, -0.2) is 14.8 Å². The van der Waals surface area contributed by atoms with E-state index in [0.29, 0.717) is 29.0 Å². The summed E-state index contributed by atoms with van der Waals surface area (Å²) in [5.41, 5.74) is 9.33. The number of carbonyl (C=O) groups is 3. The Balaban J connectivity index is 1.25. The molecule has 0 radical (unpaired) electrons. The maximum Gasteiger partial charge on any atom is 0.435 e. The Morgan fingerprint density at radius 2 is 1.80 bits per heavy atom. The highest BCUT2D eigenvalue weighted by molar-refractivity contribution is 6.09. The molecule has 1 aliphatic rings. The number of imidazole rings is 1. The fourth-order valence-electron chi connectivity index (χ4n) is 5.12. The highest BCUT2D eigenvalue weighted by atomic mass is 16.6. The zero-order valence-corrected chi connectivity index (χ0v) is 24.7. The van der Waals surface area contributed by atoms with Crippen molar-refractivity contribution in [2.45, 2.75) is 44.8 Å². The number of aliphatic imine (C=N–C) groups is 1. The maximum atomic E-state index is 13.5. The van der Waals surface area contributed by atoms with Gasteiger partial charge in [0.1, 0.15) is 30.1 Å². The first-order chi connectivity index (χ1) is 21.3. The normalized spacial score (nSPS) is 13.8. The number of amidine groups is 1. The van der Waals surface area contributed by atoms with Crippen molar-refractivity contribution in [3.63, 3.8) is 0 Å². The van der Waals surface area contributed by atoms with Gasteiger partial charge in [0.2, 0.25) is 0 Å². The van der Waals surface area contributed by atoms with E-state index in [0.717, 1.165) is 42.7 Å². The van der Waals surface area contributed by atoms with Crippen molar-refractivity contribution in [1.82, 2.24) is 14.5 Å². The van der Waals surface area contributed by atoms with Crippen molar-refractivity contribution >= 4 is 46.3 Å². The van der Waals surface area contributed by atoms with Gasteiger partial charge in [-0.2, -0.15) is 4.99 Å². The van der Waals surface area contributed by atoms with Gasteiger partial charge in [0, 0.05) is 30.1 Å². The lowest BCUT2D eigenvalue weighted by molar-refractivity contribution is -0.138. The third-order valence-electron chi connectivity index (χ3n) is 7.57. The summed E-state index contributed by atoms with van der Waals surface area (Å²) in [6.07, 6.45) is 5.85. The quantitative estimate of drug-likeness (QED) is 0.160. The molecule has 2 amide bonds. The van der Waals surface area contributed by atoms with Crippen molar-refractivity contribution < 1.29 is 23.9 Å². The average molecular weight is 598 g/mol. The number of ether oxygens (including phenoxy) is 2. The number of amides is 2. The van der Waals surface area contributed by atoms with Gasteiger partial charge in [-0.1, -0.05) is 12.5 Å². The molecule has 1 saturated carbocycles. The van der Waals surface area contributed by atoms with E-state index in [1.54, 1.807) is 48.7 Å². The number of anilines is 2. The molecule has 1 aliphatic carbocycles. The lowest BCUT2D eigenvalue weighted by atomic mass is 9.98. The molecule has 5 rings (SSSR count). The van der Waals surface area contributed by atoms with Crippen LogP contribution in [0.5, 0.6) is 0 Å². The number of hydrogen-bond donors (Lipinski definition) is 2. The molecule has 12 nitrogen and oxygen atoms in total. The van der Waals surface area contributed by atoms with Crippen LogP contribution in [0.25, 0.3) is 11.0 Å². The summed E-state index contributed by atoms with van der Waals surface area (Å²) in [4.78, 5) is 51.8. The van der Waals surface area contributed by atoms with Gasteiger partial charge in [-0.15, -0.1) is 0 Å². The number of nitrogens with two attached hydrogens (primary N) is 1. The SMILES string of the molecule is COC(=O)CN(C(=O)c1ccc2c(c1)nc(CNc1ccc(/C(N)=N\C(=O)OC3CCCCC3)cc1)n2C)c1ccccn1. The number of methoxy groups -OCH3 is 1. The van der Waals surface area contributed by atoms with Crippen LogP contribution < -0.4 is 16.0 Å². The molecule has 3 N–H and O–H groups in total. The molecule has 44 heavy (non-hydrogen) atoms. The van der Waals surface area contributed by atoms with Crippen LogP contribution in [0.15, 0.2) is 71.9 Å². The first-order valence-electron chi connectivity index (χ1n) is 14.5. The Bertz CT molecular complexity index is 1660. The number of aryl methyl sites for hydroxylation is 1. The van der Waals surface area contributed by atoms with E-state index in [9.17, 15) is 14.4 Å². The number of esters is 1. The number of fused-ring (bicyclic) bond motifs is 1. The molecule has 1 fully saturated rings. The molecule has 0 aliphatic heterocycles. The molecule has 0 unspecified atom stereocenters. The van der Waals surface area contributed by atoms with Gasteiger partial charge in [0.25, 0.3) is 5.91 Å². The molecule has 0 bridgehead atoms. The van der Waals surface area contributed by atoms with Crippen LogP contribution in [-0.4, -0.2) is 58.1 Å². The van der Waals surface area contributed by atoms with Crippen LogP contribution in [0.3, 0.4) is 0 Å². The number of nitrogens with zero attached hydrogens (tertiary/aromatic N) is 5. The summed E-state index contributed by atoms with van der Waals surface area (Å²) in [7, 11) is 3.17. The Kier molecular flexibility index (Phi) is 9.48. The average Bonchev–Trinajstić information content (AvgIpc) is 3.37. The highest BCUT2D eigenvalue weighted by Gasteiger charge is 2.23. The number of rotatable bonds is 9. The van der Waals surface area contributed by atoms with Gasteiger partial charge < -0.3 is 25.1 Å². The maximum absolute atomic E-state index is 13.5. The molecule has 12 heteroatoms. The van der Waals surface area contributed by atoms with E-state index >= 15 is 0 Å². The van der Waals surface area contributed by atoms with Gasteiger partial charge in [-0.05, 0) is 80.3 Å². The summed E-state index contributed by atoms with van der Waals surface area (Å²) in [6.45, 7) is 0.135. The van der Waals surface area contributed by atoms with Crippen molar-refractivity contribution in [2.75, 3.05) is 23.9 Å². The molecule has 2 aromatic carbocycles. The number of benzene rings is 2. The first kappa shape index (κ1) is 30.2. The second-order valence-electron chi connectivity index (χ2n) is 10.5. The number of pyridine rings is 1. The summed E-state index contributed by atoms with van der Waals surface area (Å²) in [5.74, 6) is 0.234. The third-order valence-corrected chi connectivity index (χ3v) is 7.57. The number of hydrogen-bond acceptors (Lipinski definition) is 8. The second-order valence-corrected chi connectivity index (χ2v) is 10.5. The number of nitrogens with one attached hydrogen (secondary N) is 1. The van der Waals surface area contributed by atoms with Crippen molar-refractivity contribution in [1.29, 1.82) is 0 Å². The summed E-state index contributed by atoms with van der Waals surface area (Å²) < 4.78 is 12.2. The minimum absolute atomic E-state index is 0.0814. The van der Waals surface area contributed by atoms with E-state index in [-0.39, 0.29) is 18.5 Å². The van der Waals surface area contributed by atoms with E-state index in [1.807, 2.05) is 29.8 Å². The Morgan fingerprint density at radius 1 is 1.05 bits per heavy atom. The van der Waals surface area contributed by atoms with E-state index in [4.69, 9.17) is 20.2 Å². The molecule has 0 atom stereocenters. The zero-order chi connectivity index (χ0) is 31.1. The molecule has 2 aromatic heterocycles. The fraction of sp³-hybridized carbons (Fsp3) is 0.312. The molecule has 228 valence electrons. The minimum atomic E-state index is -0.656. The lowest BCUT2D eigenvalue weighted by Crippen LogP contribution is -2.36. The van der Waals surface area contributed by atoms with Crippen molar-refractivity contribution in [3.8, 4) is 0 Å². The number of carbonyl (C=O) groups excluding carboxylic acids is 3. The molecule has 2 heterocycles. The van der Waals surface area contributed by atoms with E-state index in [2.05, 4.69) is 15.3 Å². The molecule has 0 spiro atoms. The molecular formula is C32H35N7O5. The van der Waals surface area contributed by atoms with Crippen LogP contribution in [-0.2, 0) is 27.9 Å². The third kappa shape index (κ3) is 7.20. The Morgan fingerprint density at radius 3 is 2.50 bits per heavy atom. The van der Waals surface area contributed by atoms with Crippen LogP contribution in [0.4, 0.5) is 16.3 Å². The summed E-state index contributed by atoms with van der Waals surface area (Å²) in [5, 5.41) is 3.34. The highest BCUT2D eigenvalue weighted by Crippen LogP contribution is 2.22. The predicted molar refractivity (Wildman–Crippen MR) is 166 cm³/mol. The predicted octanol–water partition coefficient (Wildman–Crippen LogP) is 4.57. The first-order valence-corrected chi connectivity index (χ1v) is 14.5. The van der Waals surface area contributed by atoms with Crippen LogP contribution in [0.2, 0.25) is 0 Å². The van der Waals surface area contributed by atoms with Gasteiger partial charge in [-0.3, -0.25) is 14.5 Å². The smallest absolute Gasteiger partial charge is 0.435 e. The Hall–Kier alpha value is -5.26. The van der Waals surface area contributed by atoms with Crippen LogP contribution in [0.1, 0.15) is 53.8 Å². The largest absolute Gasteiger partial charge is 0.468 e. The zero-order valence-electron chi connectivity index (χ0n) is 24.7. The minimum Gasteiger partial charge on any atom is -0.468 e. The van der Waals surface area contributed by atoms with Crippen molar-refractivity contribution in [2.24, 2.45) is 17.8 Å². The van der Waals surface area contributed by atoms with E-state index in [1.165, 1.54) is 18.4 Å². The van der Waals surface area contributed by atoms with Crippen molar-refractivity contribution in [3.05, 3.63) is 83.8 Å². The van der Waals surface area contributed by atoms with Gasteiger partial charge in [0.05, 0.1) is 24.7 Å². The summed E-state index contributed by atoms with van der Waals surface area (Å²) in [6, 6.07) is 17.6. The topological polar surface area (TPSA) is 154 Å². The fourth-order valence-corrected chi connectivity index (χ4v) is 5.12. The Labute approximate surface area is 254 Å². The van der Waals surface area contributed by atoms with Gasteiger partial charge >= 0.3 is 12.1 Å². The van der Waals surface area contributed by atoms with E-state index < -0.39 is 18.0 Å². The number of aromatic nitrogens is 3. The second kappa shape index (κ2) is 13.8. The lowest BCUT2D eigenvalue weighted by Gasteiger charge is -2.20. The summed E-state index contributed by atoms with van der Waals surface area (Å²) >= 11 is 0. The van der Waals surface area contributed by atoms with Crippen LogP contribution in [0, 0.1) is 0 Å². The molecule has 4 aromatic rings. The molecular weight excluding hydrogens is 562 g/mol. The molecule has 0 saturated heterocycles. The van der Waals surface area contributed by atoms with Gasteiger partial charge in [0.15, 0.2) is 0 Å². The monoisotopic (exact) mass is 597 g/mol. The van der Waals surface area contributed by atoms with Crippen LogP contribution >= 0.6 is 0 Å². The standard InChI is InChI=1S/C32H35N7O5/c1-38-26-16-13-22(31(41)39(20-29(40)43-2)27-10-6-7-17-34-27)18-25(26)36-28(38)19-35-23-14-11-21(12-15-23)30(33)37-32(42)44-24-8-4-3-5-9-24/h6-7,10-18,24,35H,3-5,8-9,19-20H2,1-2H3,(H2,33,37,42).